The highest BCUT2D eigenvalue weighted by Gasteiger charge is 2.15. The Kier molecular flexibility index (Phi) is 16.1. The average Bonchev–Trinajstić information content (AvgIpc) is 2.82. The van der Waals surface area contributed by atoms with Crippen LogP contribution in [0.5, 0.6) is 5.75 Å². The molecule has 0 aliphatic heterocycles. The quantitative estimate of drug-likeness (QED) is 0.372. The first kappa shape index (κ1) is 33.4. The first-order chi connectivity index (χ1) is 17.4. The smallest absolute Gasteiger partial charge is 0.407 e. The number of unbranched alkanes of at least 4 members (excludes halogenated alkanes) is 2. The summed E-state index contributed by atoms with van der Waals surface area (Å²) in [5, 5.41) is 2.63. The lowest BCUT2D eigenvalue weighted by atomic mass is 10.1. The molecule has 0 radical (unpaired) electrons. The number of carbonyl (C=O) groups is 3. The van der Waals surface area contributed by atoms with E-state index >= 15 is 0 Å². The highest BCUT2D eigenvalue weighted by Crippen LogP contribution is 2.20. The van der Waals surface area contributed by atoms with Crippen LogP contribution in [-0.4, -0.2) is 36.5 Å². The number of rotatable bonds is 10. The number of benzene rings is 2. The Morgan fingerprint density at radius 1 is 0.892 bits per heavy atom. The van der Waals surface area contributed by atoms with Crippen molar-refractivity contribution in [1.29, 1.82) is 0 Å². The molecule has 0 unspecified atom stereocenters. The molecule has 0 saturated carbocycles. The van der Waals surface area contributed by atoms with Crippen LogP contribution in [-0.2, 0) is 9.53 Å². The molecule has 0 atom stereocenters. The minimum absolute atomic E-state index is 0.234. The van der Waals surface area contributed by atoms with Crippen molar-refractivity contribution in [1.82, 2.24) is 5.32 Å². The van der Waals surface area contributed by atoms with Crippen molar-refractivity contribution in [2.75, 3.05) is 13.2 Å². The van der Waals surface area contributed by atoms with E-state index in [2.05, 4.69) is 5.32 Å². The van der Waals surface area contributed by atoms with Gasteiger partial charge in [0.2, 0.25) is 5.91 Å². The maximum atomic E-state index is 13.3. The zero-order valence-corrected chi connectivity index (χ0v) is 22.0. The van der Waals surface area contributed by atoms with Gasteiger partial charge in [0.05, 0.1) is 0 Å². The maximum Gasteiger partial charge on any atom is 0.407 e. The number of nitrogens with two attached hydrogens (primary N) is 1. The summed E-state index contributed by atoms with van der Waals surface area (Å²) in [6, 6.07) is 8.45. The van der Waals surface area contributed by atoms with Gasteiger partial charge in [-0.3, -0.25) is 9.59 Å². The van der Waals surface area contributed by atoms with Crippen molar-refractivity contribution >= 4 is 17.8 Å². The molecule has 0 aliphatic rings. The second kappa shape index (κ2) is 17.8. The third-order valence-electron chi connectivity index (χ3n) is 4.23. The normalized spacial score (nSPS) is 10.2. The van der Waals surface area contributed by atoms with E-state index in [0.29, 0.717) is 24.9 Å². The third kappa shape index (κ3) is 15.9. The van der Waals surface area contributed by atoms with Crippen molar-refractivity contribution in [3.63, 3.8) is 0 Å². The van der Waals surface area contributed by atoms with Crippen LogP contribution < -0.4 is 15.8 Å². The van der Waals surface area contributed by atoms with Crippen molar-refractivity contribution in [2.45, 2.75) is 65.9 Å². The molecule has 2 aromatic carbocycles. The Balaban J connectivity index is 0.000000894. The van der Waals surface area contributed by atoms with Gasteiger partial charge in [-0.1, -0.05) is 26.3 Å². The van der Waals surface area contributed by atoms with Gasteiger partial charge in [-0.05, 0) is 70.0 Å². The summed E-state index contributed by atoms with van der Waals surface area (Å²) in [4.78, 5) is 33.5. The summed E-state index contributed by atoms with van der Waals surface area (Å²) < 4.78 is 48.9. The number of hydrogen-bond acceptors (Lipinski definition) is 5. The molecule has 0 saturated heterocycles. The van der Waals surface area contributed by atoms with Crippen molar-refractivity contribution in [3.05, 3.63) is 65.5 Å². The first-order valence-electron chi connectivity index (χ1n) is 12.0. The third-order valence-corrected chi connectivity index (χ3v) is 4.23. The summed E-state index contributed by atoms with van der Waals surface area (Å²) in [6.07, 6.45) is 1.83. The highest BCUT2D eigenvalue weighted by molar-refractivity contribution is 5.92. The molecule has 2 amide bonds. The Morgan fingerprint density at radius 3 is 1.97 bits per heavy atom. The Hall–Kier alpha value is -3.56. The molecule has 37 heavy (non-hydrogen) atoms. The molecule has 10 heteroatoms. The lowest BCUT2D eigenvalue weighted by molar-refractivity contribution is -0.121. The minimum atomic E-state index is -0.832. The fourth-order valence-electron chi connectivity index (χ4n) is 2.59. The van der Waals surface area contributed by atoms with Gasteiger partial charge in [0.25, 0.3) is 0 Å². The molecule has 0 aromatic heterocycles. The predicted octanol–water partition coefficient (Wildman–Crippen LogP) is 5.95. The largest absolute Gasteiger partial charge is 0.480 e. The number of amides is 2. The van der Waals surface area contributed by atoms with Crippen LogP contribution in [0.15, 0.2) is 42.5 Å². The fourth-order valence-corrected chi connectivity index (χ4v) is 2.59. The van der Waals surface area contributed by atoms with E-state index in [-0.39, 0.29) is 24.6 Å². The zero-order valence-electron chi connectivity index (χ0n) is 22.0. The van der Waals surface area contributed by atoms with Crippen LogP contribution in [0.1, 0.15) is 70.7 Å². The number of Topliss-reactive ketones (excluding diaryl/α,β-unsaturated/α-hetero) is 1. The van der Waals surface area contributed by atoms with Crippen LogP contribution in [0.3, 0.4) is 0 Å². The molecule has 0 fully saturated rings. The summed E-state index contributed by atoms with van der Waals surface area (Å²) in [6.45, 7) is 9.45. The van der Waals surface area contributed by atoms with Gasteiger partial charge in [0.15, 0.2) is 23.2 Å². The molecular formula is C27H37F3N2O5. The second-order valence-electron chi connectivity index (χ2n) is 8.49. The van der Waals surface area contributed by atoms with E-state index in [1.807, 2.05) is 13.8 Å². The Labute approximate surface area is 216 Å². The Bertz CT molecular complexity index is 957. The number of alkyl carbamates (subject to hydrolysis) is 1. The van der Waals surface area contributed by atoms with Gasteiger partial charge in [-0.15, -0.1) is 0 Å². The lowest BCUT2D eigenvalue weighted by Gasteiger charge is -2.19. The predicted molar refractivity (Wildman–Crippen MR) is 136 cm³/mol. The molecular weight excluding hydrogens is 489 g/mol. The van der Waals surface area contributed by atoms with E-state index in [1.54, 1.807) is 20.8 Å². The van der Waals surface area contributed by atoms with E-state index < -0.39 is 35.0 Å². The maximum absolute atomic E-state index is 13.3. The lowest BCUT2D eigenvalue weighted by Crippen LogP contribution is -2.33. The summed E-state index contributed by atoms with van der Waals surface area (Å²) in [5.41, 5.74) is 4.69. The SMILES string of the molecule is CC.CC(C)(C)OC(=O)NCCCCCC(=O)COc1c(F)cccc1F.NC(=O)c1ccc(F)cc1. The topological polar surface area (TPSA) is 108 Å². The fraction of sp³-hybridized carbons (Fsp3) is 0.444. The number of halogens is 3. The Morgan fingerprint density at radius 2 is 1.46 bits per heavy atom. The number of primary amides is 1. The molecule has 0 aliphatic carbocycles. The van der Waals surface area contributed by atoms with Crippen molar-refractivity contribution in [2.24, 2.45) is 5.73 Å². The van der Waals surface area contributed by atoms with E-state index in [4.69, 9.17) is 15.2 Å². The van der Waals surface area contributed by atoms with Crippen LogP contribution >= 0.6 is 0 Å². The van der Waals surface area contributed by atoms with Gasteiger partial charge in [0.1, 0.15) is 18.0 Å². The van der Waals surface area contributed by atoms with Crippen molar-refractivity contribution in [3.8, 4) is 5.75 Å². The zero-order chi connectivity index (χ0) is 28.4. The molecule has 2 aromatic rings. The van der Waals surface area contributed by atoms with E-state index in [0.717, 1.165) is 18.6 Å². The number of hydrogen-bond donors (Lipinski definition) is 2. The molecule has 0 spiro atoms. The van der Waals surface area contributed by atoms with E-state index in [9.17, 15) is 27.6 Å². The van der Waals surface area contributed by atoms with Gasteiger partial charge < -0.3 is 20.5 Å². The molecule has 0 bridgehead atoms. The minimum Gasteiger partial charge on any atom is -0.480 e. The summed E-state index contributed by atoms with van der Waals surface area (Å²) in [7, 11) is 0. The number of ether oxygens (including phenoxy) is 2. The van der Waals surface area contributed by atoms with Gasteiger partial charge >= 0.3 is 6.09 Å². The molecule has 0 heterocycles. The molecule has 206 valence electrons. The summed E-state index contributed by atoms with van der Waals surface area (Å²) in [5.74, 6) is -3.34. The molecule has 7 nitrogen and oxygen atoms in total. The van der Waals surface area contributed by atoms with Crippen LogP contribution in [0, 0.1) is 17.5 Å². The van der Waals surface area contributed by atoms with Gasteiger partial charge in [-0.25, -0.2) is 18.0 Å². The average molecular weight is 527 g/mol. The highest BCUT2D eigenvalue weighted by atomic mass is 19.1. The second-order valence-corrected chi connectivity index (χ2v) is 8.49. The number of para-hydroxylation sites is 1. The first-order valence-corrected chi connectivity index (χ1v) is 12.0. The standard InChI is InChI=1S/C18H25F2NO4.C7H6FNO.C2H6/c1-18(2,3)25-17(23)21-11-6-4-5-8-13(22)12-24-16-14(19)9-7-10-15(16)20;8-6-3-1-5(2-4-6)7(9)10;1-2/h7,9-10H,4-6,8,11-12H2,1-3H3,(H,21,23);1-4H,(H2,9,10);1-2H3. The van der Waals surface area contributed by atoms with E-state index in [1.165, 1.54) is 30.3 Å². The van der Waals surface area contributed by atoms with Gasteiger partial charge in [0, 0.05) is 18.5 Å². The van der Waals surface area contributed by atoms with Crippen LogP contribution in [0.4, 0.5) is 18.0 Å². The summed E-state index contributed by atoms with van der Waals surface area (Å²) >= 11 is 0. The van der Waals surface area contributed by atoms with Crippen LogP contribution in [0.25, 0.3) is 0 Å². The number of ketones is 1. The number of carbonyl (C=O) groups excluding carboxylic acids is 3. The van der Waals surface area contributed by atoms with Crippen LogP contribution in [0.2, 0.25) is 0 Å². The molecule has 3 N–H and O–H groups in total. The number of nitrogens with one attached hydrogen (secondary N) is 1. The monoisotopic (exact) mass is 526 g/mol. The van der Waals surface area contributed by atoms with Crippen molar-refractivity contribution < 1.29 is 37.0 Å². The molecule has 2 rings (SSSR count). The van der Waals surface area contributed by atoms with Gasteiger partial charge in [-0.2, -0.15) is 0 Å².